The summed E-state index contributed by atoms with van der Waals surface area (Å²) in [7, 11) is 0. The van der Waals surface area contributed by atoms with Crippen molar-refractivity contribution in [2.75, 3.05) is 26.4 Å². The molecule has 1 rings (SSSR count). The van der Waals surface area contributed by atoms with Gasteiger partial charge in [-0.1, -0.05) is 22.0 Å². The summed E-state index contributed by atoms with van der Waals surface area (Å²) in [4.78, 5) is 0. The molecule has 1 aromatic carbocycles. The molecule has 1 aromatic rings. The molecule has 2 N–H and O–H groups in total. The lowest BCUT2D eigenvalue weighted by Gasteiger charge is -2.13. The van der Waals surface area contributed by atoms with Gasteiger partial charge in [-0.05, 0) is 19.1 Å². The van der Waals surface area contributed by atoms with Gasteiger partial charge < -0.3 is 19.7 Å². The molecule has 1 atom stereocenters. The van der Waals surface area contributed by atoms with Crippen LogP contribution < -0.4 is 4.74 Å². The molecule has 0 unspecified atom stereocenters. The predicted molar refractivity (Wildman–Crippen MR) is 68.2 cm³/mol. The molecule has 0 aliphatic heterocycles. The van der Waals surface area contributed by atoms with E-state index in [0.29, 0.717) is 25.6 Å². The molecule has 0 saturated carbocycles. The van der Waals surface area contributed by atoms with E-state index in [9.17, 15) is 5.11 Å². The third kappa shape index (κ3) is 5.04. The van der Waals surface area contributed by atoms with E-state index in [1.807, 2.05) is 18.2 Å². The van der Waals surface area contributed by atoms with Crippen molar-refractivity contribution in [1.82, 2.24) is 0 Å². The Labute approximate surface area is 109 Å². The van der Waals surface area contributed by atoms with Gasteiger partial charge in [-0.15, -0.1) is 0 Å². The second-order valence-corrected chi connectivity index (χ2v) is 4.46. The minimum atomic E-state index is -0.573. The molecular formula is C12H17BrO4. The first-order chi connectivity index (χ1) is 8.15. The smallest absolute Gasteiger partial charge is 0.126 e. The first kappa shape index (κ1) is 14.4. The van der Waals surface area contributed by atoms with Gasteiger partial charge in [0.2, 0.25) is 0 Å². The maximum atomic E-state index is 9.58. The minimum absolute atomic E-state index is 0.00973. The fourth-order valence-corrected chi connectivity index (χ4v) is 1.70. The van der Waals surface area contributed by atoms with E-state index < -0.39 is 6.10 Å². The maximum absolute atomic E-state index is 9.58. The SMILES string of the molecule is C[C@H](O)c1ccc(Br)cc1OCCOCCO. The van der Waals surface area contributed by atoms with Crippen molar-refractivity contribution < 1.29 is 19.7 Å². The molecule has 0 bridgehead atoms. The van der Waals surface area contributed by atoms with Gasteiger partial charge in [0.25, 0.3) is 0 Å². The number of rotatable bonds is 7. The molecule has 0 radical (unpaired) electrons. The zero-order chi connectivity index (χ0) is 12.7. The molecule has 0 aliphatic rings. The number of hydrogen-bond donors (Lipinski definition) is 2. The normalized spacial score (nSPS) is 12.5. The van der Waals surface area contributed by atoms with Crippen molar-refractivity contribution >= 4 is 15.9 Å². The van der Waals surface area contributed by atoms with Gasteiger partial charge in [-0.3, -0.25) is 0 Å². The molecule has 0 spiro atoms. The molecule has 0 fully saturated rings. The Morgan fingerprint density at radius 3 is 2.71 bits per heavy atom. The number of halogens is 1. The second-order valence-electron chi connectivity index (χ2n) is 3.54. The van der Waals surface area contributed by atoms with Crippen molar-refractivity contribution in [2.24, 2.45) is 0 Å². The number of benzene rings is 1. The highest BCUT2D eigenvalue weighted by molar-refractivity contribution is 9.10. The average molecular weight is 305 g/mol. The van der Waals surface area contributed by atoms with E-state index in [2.05, 4.69) is 15.9 Å². The van der Waals surface area contributed by atoms with Gasteiger partial charge in [0.05, 0.1) is 25.9 Å². The topological polar surface area (TPSA) is 58.9 Å². The Kier molecular flexibility index (Phi) is 6.50. The first-order valence-electron chi connectivity index (χ1n) is 5.44. The zero-order valence-corrected chi connectivity index (χ0v) is 11.3. The second kappa shape index (κ2) is 7.66. The van der Waals surface area contributed by atoms with Crippen LogP contribution in [0.1, 0.15) is 18.6 Å². The molecule has 4 nitrogen and oxygen atoms in total. The summed E-state index contributed by atoms with van der Waals surface area (Å²) in [5.41, 5.74) is 0.746. The molecular weight excluding hydrogens is 288 g/mol. The Morgan fingerprint density at radius 1 is 1.29 bits per heavy atom. The van der Waals surface area contributed by atoms with E-state index in [-0.39, 0.29) is 6.61 Å². The van der Waals surface area contributed by atoms with Gasteiger partial charge in [0.1, 0.15) is 12.4 Å². The minimum Gasteiger partial charge on any atom is -0.491 e. The molecule has 5 heteroatoms. The quantitative estimate of drug-likeness (QED) is 0.755. The Hall–Kier alpha value is -0.620. The van der Waals surface area contributed by atoms with Crippen molar-refractivity contribution in [3.8, 4) is 5.75 Å². The fraction of sp³-hybridized carbons (Fsp3) is 0.500. The molecule has 0 aromatic heterocycles. The molecule has 17 heavy (non-hydrogen) atoms. The van der Waals surface area contributed by atoms with Gasteiger partial charge >= 0.3 is 0 Å². The van der Waals surface area contributed by atoms with E-state index in [1.54, 1.807) is 6.92 Å². The lowest BCUT2D eigenvalue weighted by Crippen LogP contribution is -2.10. The van der Waals surface area contributed by atoms with E-state index in [0.717, 1.165) is 10.0 Å². The third-order valence-corrected chi connectivity index (χ3v) is 2.64. The molecule has 0 aliphatic carbocycles. The average Bonchev–Trinajstić information content (AvgIpc) is 2.28. The molecule has 0 saturated heterocycles. The highest BCUT2D eigenvalue weighted by Crippen LogP contribution is 2.28. The Morgan fingerprint density at radius 2 is 2.06 bits per heavy atom. The number of hydrogen-bond acceptors (Lipinski definition) is 4. The van der Waals surface area contributed by atoms with Gasteiger partial charge in [-0.25, -0.2) is 0 Å². The van der Waals surface area contributed by atoms with Crippen LogP contribution in [0.3, 0.4) is 0 Å². The summed E-state index contributed by atoms with van der Waals surface area (Å²) in [5, 5.41) is 18.1. The van der Waals surface area contributed by atoms with Crippen LogP contribution in [0.15, 0.2) is 22.7 Å². The van der Waals surface area contributed by atoms with Crippen molar-refractivity contribution in [3.63, 3.8) is 0 Å². The highest BCUT2D eigenvalue weighted by atomic mass is 79.9. The number of aliphatic hydroxyl groups is 2. The lowest BCUT2D eigenvalue weighted by molar-refractivity contribution is 0.0695. The van der Waals surface area contributed by atoms with Gasteiger partial charge in [-0.2, -0.15) is 0 Å². The van der Waals surface area contributed by atoms with Crippen molar-refractivity contribution in [2.45, 2.75) is 13.0 Å². The molecule has 0 amide bonds. The molecule has 0 heterocycles. The van der Waals surface area contributed by atoms with Crippen LogP contribution in [0.25, 0.3) is 0 Å². The van der Waals surface area contributed by atoms with E-state index >= 15 is 0 Å². The van der Waals surface area contributed by atoms with Crippen molar-refractivity contribution in [3.05, 3.63) is 28.2 Å². The van der Waals surface area contributed by atoms with Crippen LogP contribution in [-0.2, 0) is 4.74 Å². The zero-order valence-electron chi connectivity index (χ0n) is 9.73. The fourth-order valence-electron chi connectivity index (χ4n) is 1.36. The van der Waals surface area contributed by atoms with Crippen LogP contribution in [0.5, 0.6) is 5.75 Å². The van der Waals surface area contributed by atoms with Crippen LogP contribution in [0.4, 0.5) is 0 Å². The Bertz CT molecular complexity index is 341. The van der Waals surface area contributed by atoms with Gasteiger partial charge in [0, 0.05) is 10.0 Å². The lowest BCUT2D eigenvalue weighted by atomic mass is 10.1. The van der Waals surface area contributed by atoms with Crippen LogP contribution in [0, 0.1) is 0 Å². The summed E-state index contributed by atoms with van der Waals surface area (Å²) in [6, 6.07) is 5.49. The highest BCUT2D eigenvalue weighted by Gasteiger charge is 2.09. The summed E-state index contributed by atoms with van der Waals surface area (Å²) in [6.07, 6.45) is -0.573. The molecule has 96 valence electrons. The van der Waals surface area contributed by atoms with Crippen LogP contribution >= 0.6 is 15.9 Å². The van der Waals surface area contributed by atoms with E-state index in [4.69, 9.17) is 14.6 Å². The monoisotopic (exact) mass is 304 g/mol. The standard InChI is InChI=1S/C12H17BrO4/c1-9(15)11-3-2-10(13)8-12(11)17-7-6-16-5-4-14/h2-3,8-9,14-15H,4-7H2,1H3/t9-/m0/s1. The van der Waals surface area contributed by atoms with Crippen LogP contribution in [0.2, 0.25) is 0 Å². The summed E-state index contributed by atoms with van der Waals surface area (Å²) in [5.74, 6) is 0.641. The summed E-state index contributed by atoms with van der Waals surface area (Å²) >= 11 is 3.35. The van der Waals surface area contributed by atoms with Gasteiger partial charge in [0.15, 0.2) is 0 Å². The number of aliphatic hydroxyl groups excluding tert-OH is 2. The first-order valence-corrected chi connectivity index (χ1v) is 6.23. The summed E-state index contributed by atoms with van der Waals surface area (Å²) in [6.45, 7) is 2.81. The van der Waals surface area contributed by atoms with Crippen LogP contribution in [-0.4, -0.2) is 36.6 Å². The number of ether oxygens (including phenoxy) is 2. The predicted octanol–water partition coefficient (Wildman–Crippen LogP) is 1.89. The van der Waals surface area contributed by atoms with E-state index in [1.165, 1.54) is 0 Å². The largest absolute Gasteiger partial charge is 0.491 e. The maximum Gasteiger partial charge on any atom is 0.126 e. The summed E-state index contributed by atoms with van der Waals surface area (Å²) < 4.78 is 11.5. The third-order valence-electron chi connectivity index (χ3n) is 2.15. The van der Waals surface area contributed by atoms with Crippen molar-refractivity contribution in [1.29, 1.82) is 0 Å². The Balaban J connectivity index is 2.53.